The van der Waals surface area contributed by atoms with E-state index in [0.29, 0.717) is 16.9 Å². The third-order valence-corrected chi connectivity index (χ3v) is 4.75. The second-order valence-electron chi connectivity index (χ2n) is 5.33. The highest BCUT2D eigenvalue weighted by molar-refractivity contribution is 7.93. The largest absolute Gasteiger partial charge is 0.516 e. The van der Waals surface area contributed by atoms with Crippen LogP contribution in [-0.4, -0.2) is 26.3 Å². The molecule has 0 unspecified atom stereocenters. The number of nitrogens with one attached hydrogen (secondary N) is 1. The Morgan fingerprint density at radius 1 is 1.04 bits per heavy atom. The topological polar surface area (TPSA) is 72.5 Å². The first-order valence-corrected chi connectivity index (χ1v) is 8.66. The summed E-state index contributed by atoms with van der Waals surface area (Å²) in [6.07, 6.45) is 0.258. The second kappa shape index (κ2) is 6.07. The highest BCUT2D eigenvalue weighted by atomic mass is 32.2. The molecule has 5 nitrogen and oxygen atoms in total. The summed E-state index contributed by atoms with van der Waals surface area (Å²) in [4.78, 5) is 11.8. The maximum atomic E-state index is 12.6. The average Bonchev–Trinajstić information content (AvgIpc) is 2.54. The number of ether oxygens (including phenoxy) is 1. The quantitative estimate of drug-likeness (QED) is 0.895. The van der Waals surface area contributed by atoms with Crippen LogP contribution >= 0.6 is 0 Å². The first-order chi connectivity index (χ1) is 11.7. The molecule has 0 fully saturated rings. The minimum absolute atomic E-state index is 0.0844. The highest BCUT2D eigenvalue weighted by Crippen LogP contribution is 2.35. The number of rotatable bonds is 3. The molecule has 0 amide bonds. The number of hydrogen-bond donors (Lipinski definition) is 1. The summed E-state index contributed by atoms with van der Waals surface area (Å²) in [5, 5.41) is 0. The Balaban J connectivity index is 2.04. The van der Waals surface area contributed by atoms with Gasteiger partial charge in [0, 0.05) is 12.0 Å². The molecule has 1 aliphatic heterocycles. The lowest BCUT2D eigenvalue weighted by atomic mass is 9.98. The van der Waals surface area contributed by atoms with E-state index >= 15 is 0 Å². The third kappa shape index (κ3) is 3.32. The van der Waals surface area contributed by atoms with Crippen molar-refractivity contribution < 1.29 is 31.1 Å². The van der Waals surface area contributed by atoms with Gasteiger partial charge < -0.3 is 4.74 Å². The molecule has 1 N–H and O–H groups in total. The monoisotopic (exact) mass is 371 g/mol. The van der Waals surface area contributed by atoms with Gasteiger partial charge in [-0.25, -0.2) is 0 Å². The molecule has 25 heavy (non-hydrogen) atoms. The number of carbonyl (C=O) groups excluding carboxylic acids is 1. The van der Waals surface area contributed by atoms with Crippen molar-refractivity contribution in [2.24, 2.45) is 0 Å². The van der Waals surface area contributed by atoms with Gasteiger partial charge in [0.25, 0.3) is 0 Å². The minimum atomic E-state index is -5.54. The van der Waals surface area contributed by atoms with E-state index in [4.69, 9.17) is 4.74 Å². The summed E-state index contributed by atoms with van der Waals surface area (Å²) in [6.45, 7) is 0.220. The van der Waals surface area contributed by atoms with Gasteiger partial charge in [0.1, 0.15) is 5.75 Å². The summed E-state index contributed by atoms with van der Waals surface area (Å²) in [6, 6.07) is 10.2. The molecule has 0 aromatic heterocycles. The van der Waals surface area contributed by atoms with E-state index in [9.17, 15) is 26.4 Å². The van der Waals surface area contributed by atoms with Crippen LogP contribution in [0.15, 0.2) is 42.5 Å². The van der Waals surface area contributed by atoms with Crippen LogP contribution in [-0.2, 0) is 10.0 Å². The van der Waals surface area contributed by atoms with Crippen LogP contribution in [0, 0.1) is 0 Å². The number of benzene rings is 2. The second-order valence-corrected chi connectivity index (χ2v) is 7.00. The van der Waals surface area contributed by atoms with Crippen LogP contribution < -0.4 is 9.46 Å². The zero-order valence-electron chi connectivity index (χ0n) is 12.6. The van der Waals surface area contributed by atoms with E-state index in [0.717, 1.165) is 0 Å². The third-order valence-electron chi connectivity index (χ3n) is 3.66. The molecular formula is C16H12F3NO4S. The molecule has 132 valence electrons. The average molecular weight is 371 g/mol. The number of fused-ring (bicyclic) bond motifs is 1. The number of halogens is 3. The lowest BCUT2D eigenvalue weighted by molar-refractivity contribution is -0.0429. The summed E-state index contributed by atoms with van der Waals surface area (Å²) in [7, 11) is -5.54. The Labute approximate surface area is 141 Å². The molecule has 0 saturated carbocycles. The maximum absolute atomic E-state index is 12.6. The number of Topliss-reactive ketones (excluding diaryl/α,β-unsaturated/α-hetero) is 1. The zero-order chi connectivity index (χ0) is 18.2. The molecule has 2 aromatic carbocycles. The van der Waals surface area contributed by atoms with Crippen molar-refractivity contribution in [2.75, 3.05) is 11.3 Å². The van der Waals surface area contributed by atoms with E-state index in [1.54, 1.807) is 10.8 Å². The number of hydrogen-bond acceptors (Lipinski definition) is 4. The Kier molecular flexibility index (Phi) is 4.19. The van der Waals surface area contributed by atoms with Crippen LogP contribution in [0.1, 0.15) is 16.8 Å². The number of carbonyl (C=O) groups is 1. The van der Waals surface area contributed by atoms with Crippen molar-refractivity contribution >= 4 is 21.5 Å². The Bertz CT molecular complexity index is 939. The van der Waals surface area contributed by atoms with Crippen molar-refractivity contribution in [1.82, 2.24) is 0 Å². The van der Waals surface area contributed by atoms with Gasteiger partial charge in [-0.15, -0.1) is 0 Å². The predicted octanol–water partition coefficient (Wildman–Crippen LogP) is 3.58. The standard InChI is InChI=1S/C16H12F3NO4S/c17-16(18,19)25(22,23)20-13-4-2-1-3-11(13)10-5-6-12-14(21)7-8-24-15(12)9-10/h1-6,9,20H,7-8H2. The number of anilines is 1. The van der Waals surface area contributed by atoms with E-state index in [-0.39, 0.29) is 30.1 Å². The first-order valence-electron chi connectivity index (χ1n) is 7.17. The SMILES string of the molecule is O=C1CCOc2cc(-c3ccccc3NS(=O)(=O)C(F)(F)F)ccc21. The van der Waals surface area contributed by atoms with Gasteiger partial charge in [-0.05, 0) is 23.8 Å². The van der Waals surface area contributed by atoms with Crippen LogP contribution in [0.3, 0.4) is 0 Å². The van der Waals surface area contributed by atoms with Crippen LogP contribution in [0.5, 0.6) is 5.75 Å². The number of para-hydroxylation sites is 1. The molecule has 1 heterocycles. The molecule has 0 spiro atoms. The molecular weight excluding hydrogens is 359 g/mol. The van der Waals surface area contributed by atoms with E-state index in [2.05, 4.69) is 0 Å². The first kappa shape index (κ1) is 17.3. The van der Waals surface area contributed by atoms with E-state index < -0.39 is 15.5 Å². The molecule has 1 aliphatic rings. The summed E-state index contributed by atoms with van der Waals surface area (Å²) in [5.41, 5.74) is -4.59. The molecule has 0 bridgehead atoms. The summed E-state index contributed by atoms with van der Waals surface area (Å²) < 4.78 is 67.6. The smallest absolute Gasteiger partial charge is 0.492 e. The van der Waals surface area contributed by atoms with Crippen molar-refractivity contribution in [2.45, 2.75) is 11.9 Å². The van der Waals surface area contributed by atoms with Crippen LogP contribution in [0.2, 0.25) is 0 Å². The lowest BCUT2D eigenvalue weighted by Crippen LogP contribution is -2.30. The Morgan fingerprint density at radius 3 is 2.48 bits per heavy atom. The summed E-state index contributed by atoms with van der Waals surface area (Å²) in [5.74, 6) is 0.237. The highest BCUT2D eigenvalue weighted by Gasteiger charge is 2.46. The predicted molar refractivity (Wildman–Crippen MR) is 84.9 cm³/mol. The van der Waals surface area contributed by atoms with Gasteiger partial charge in [-0.3, -0.25) is 9.52 Å². The maximum Gasteiger partial charge on any atom is 0.516 e. The molecule has 2 aromatic rings. The molecule has 0 aliphatic carbocycles. The Hall–Kier alpha value is -2.55. The number of sulfonamides is 1. The fraction of sp³-hybridized carbons (Fsp3) is 0.188. The number of ketones is 1. The normalized spacial score (nSPS) is 14.6. The van der Waals surface area contributed by atoms with Gasteiger partial charge in [0.05, 0.1) is 17.9 Å². The van der Waals surface area contributed by atoms with Gasteiger partial charge in [-0.1, -0.05) is 24.3 Å². The molecule has 0 saturated heterocycles. The van der Waals surface area contributed by atoms with Crippen molar-refractivity contribution in [3.05, 3.63) is 48.0 Å². The molecule has 3 rings (SSSR count). The van der Waals surface area contributed by atoms with Gasteiger partial charge in [0.15, 0.2) is 5.78 Å². The molecule has 9 heteroatoms. The molecule has 0 atom stereocenters. The fourth-order valence-electron chi connectivity index (χ4n) is 2.45. The van der Waals surface area contributed by atoms with Crippen LogP contribution in [0.25, 0.3) is 11.1 Å². The number of alkyl halides is 3. The Morgan fingerprint density at radius 2 is 1.76 bits per heavy atom. The van der Waals surface area contributed by atoms with Gasteiger partial charge in [-0.2, -0.15) is 21.6 Å². The minimum Gasteiger partial charge on any atom is -0.492 e. The van der Waals surface area contributed by atoms with Crippen molar-refractivity contribution in [1.29, 1.82) is 0 Å². The van der Waals surface area contributed by atoms with Crippen LogP contribution in [0.4, 0.5) is 18.9 Å². The van der Waals surface area contributed by atoms with Crippen molar-refractivity contribution in [3.8, 4) is 16.9 Å². The van der Waals surface area contributed by atoms with Crippen molar-refractivity contribution in [3.63, 3.8) is 0 Å². The van der Waals surface area contributed by atoms with E-state index in [1.807, 2.05) is 0 Å². The van der Waals surface area contributed by atoms with Gasteiger partial charge in [0.2, 0.25) is 0 Å². The fourth-order valence-corrected chi connectivity index (χ4v) is 3.04. The summed E-state index contributed by atoms with van der Waals surface area (Å²) >= 11 is 0. The zero-order valence-corrected chi connectivity index (χ0v) is 13.4. The van der Waals surface area contributed by atoms with Gasteiger partial charge >= 0.3 is 15.5 Å². The van der Waals surface area contributed by atoms with E-state index in [1.165, 1.54) is 36.4 Å². The lowest BCUT2D eigenvalue weighted by Gasteiger charge is -2.18. The molecule has 0 radical (unpaired) electrons.